The van der Waals surface area contributed by atoms with Gasteiger partial charge in [0.2, 0.25) is 0 Å². The molecule has 2 rings (SSSR count). The maximum atomic E-state index is 13.6. The highest BCUT2D eigenvalue weighted by Crippen LogP contribution is 2.19. The summed E-state index contributed by atoms with van der Waals surface area (Å²) in [5.74, 6) is 5.19. The number of methoxy groups -OCH3 is 1. The lowest BCUT2D eigenvalue weighted by Crippen LogP contribution is -2.24. The molecule has 0 aliphatic rings. The molecule has 0 saturated carbocycles. The molecule has 0 fully saturated rings. The monoisotopic (exact) mass is 313 g/mol. The fraction of sp³-hybridized carbons (Fsp3) is 0.167. The summed E-state index contributed by atoms with van der Waals surface area (Å²) >= 11 is 0. The van der Waals surface area contributed by atoms with E-state index in [1.165, 1.54) is 13.2 Å². The minimum atomic E-state index is -0.580. The lowest BCUT2D eigenvalue weighted by Gasteiger charge is -2.05. The molecule has 1 N–H and O–H groups in total. The van der Waals surface area contributed by atoms with E-state index in [4.69, 9.17) is 9.47 Å². The maximum absolute atomic E-state index is 13.6. The first-order valence-corrected chi connectivity index (χ1v) is 6.96. The van der Waals surface area contributed by atoms with Gasteiger partial charge in [0, 0.05) is 0 Å². The number of amides is 1. The number of hydrogen-bond donors (Lipinski definition) is 1. The van der Waals surface area contributed by atoms with Crippen LogP contribution in [0.1, 0.15) is 11.1 Å². The van der Waals surface area contributed by atoms with Crippen LogP contribution in [0.4, 0.5) is 9.18 Å². The van der Waals surface area contributed by atoms with Gasteiger partial charge in [-0.15, -0.1) is 0 Å². The standard InChI is InChI=1S/C18H16FNO3/c1-22-17-11-5-10-16(19)15(17)9-6-12-20-18(21)23-13-14-7-3-2-4-8-14/h2-5,7-8,10-11H,12-13H2,1H3,(H,20,21). The van der Waals surface area contributed by atoms with E-state index < -0.39 is 11.9 Å². The smallest absolute Gasteiger partial charge is 0.408 e. The molecular formula is C18H16FNO3. The van der Waals surface area contributed by atoms with Gasteiger partial charge in [-0.2, -0.15) is 0 Å². The quantitative estimate of drug-likeness (QED) is 0.882. The molecule has 0 aliphatic carbocycles. The van der Waals surface area contributed by atoms with E-state index in [1.807, 2.05) is 30.3 Å². The Morgan fingerprint density at radius 1 is 1.17 bits per heavy atom. The molecule has 2 aromatic rings. The molecule has 0 aliphatic heterocycles. The summed E-state index contributed by atoms with van der Waals surface area (Å²) in [6.45, 7) is 0.229. The van der Waals surface area contributed by atoms with E-state index in [1.54, 1.807) is 12.1 Å². The van der Waals surface area contributed by atoms with Crippen LogP contribution in [0.5, 0.6) is 5.75 Å². The van der Waals surface area contributed by atoms with Gasteiger partial charge in [-0.25, -0.2) is 9.18 Å². The third kappa shape index (κ3) is 5.04. The number of rotatable bonds is 4. The lowest BCUT2D eigenvalue weighted by molar-refractivity contribution is 0.141. The average molecular weight is 313 g/mol. The summed E-state index contributed by atoms with van der Waals surface area (Å²) < 4.78 is 23.7. The van der Waals surface area contributed by atoms with Gasteiger partial charge >= 0.3 is 6.09 Å². The second-order valence-corrected chi connectivity index (χ2v) is 4.53. The Kier molecular flexibility index (Phi) is 6.01. The van der Waals surface area contributed by atoms with Gasteiger partial charge in [-0.1, -0.05) is 48.2 Å². The third-order valence-corrected chi connectivity index (χ3v) is 2.94. The summed E-state index contributed by atoms with van der Waals surface area (Å²) in [7, 11) is 1.44. The summed E-state index contributed by atoms with van der Waals surface area (Å²) in [5.41, 5.74) is 1.05. The molecule has 1 amide bonds. The third-order valence-electron chi connectivity index (χ3n) is 2.94. The molecule has 0 unspecified atom stereocenters. The fourth-order valence-corrected chi connectivity index (χ4v) is 1.82. The van der Waals surface area contributed by atoms with Crippen LogP contribution in [0.15, 0.2) is 48.5 Å². The largest absolute Gasteiger partial charge is 0.495 e. The van der Waals surface area contributed by atoms with Crippen LogP contribution >= 0.6 is 0 Å². The molecule has 0 saturated heterocycles. The van der Waals surface area contributed by atoms with Crippen LogP contribution in [-0.2, 0) is 11.3 Å². The van der Waals surface area contributed by atoms with Gasteiger partial charge in [0.1, 0.15) is 23.7 Å². The van der Waals surface area contributed by atoms with E-state index in [0.717, 1.165) is 5.56 Å². The molecule has 4 nitrogen and oxygen atoms in total. The zero-order valence-corrected chi connectivity index (χ0v) is 12.6. The zero-order valence-electron chi connectivity index (χ0n) is 12.6. The maximum Gasteiger partial charge on any atom is 0.408 e. The molecular weight excluding hydrogens is 297 g/mol. The van der Waals surface area contributed by atoms with Crippen molar-refractivity contribution in [3.8, 4) is 17.6 Å². The topological polar surface area (TPSA) is 47.6 Å². The van der Waals surface area contributed by atoms with Crippen molar-refractivity contribution in [1.29, 1.82) is 0 Å². The highest BCUT2D eigenvalue weighted by Gasteiger charge is 2.05. The fourth-order valence-electron chi connectivity index (χ4n) is 1.82. The van der Waals surface area contributed by atoms with Crippen LogP contribution in [0.2, 0.25) is 0 Å². The number of hydrogen-bond acceptors (Lipinski definition) is 3. The lowest BCUT2D eigenvalue weighted by atomic mass is 10.2. The van der Waals surface area contributed by atoms with Crippen LogP contribution < -0.4 is 10.1 Å². The van der Waals surface area contributed by atoms with E-state index in [0.29, 0.717) is 5.75 Å². The van der Waals surface area contributed by atoms with Crippen LogP contribution in [0.3, 0.4) is 0 Å². The Morgan fingerprint density at radius 2 is 1.96 bits per heavy atom. The van der Waals surface area contributed by atoms with Gasteiger partial charge in [-0.05, 0) is 17.7 Å². The summed E-state index contributed by atoms with van der Waals surface area (Å²) in [5, 5.41) is 2.48. The first kappa shape index (κ1) is 16.4. The number of benzene rings is 2. The predicted octanol–water partition coefficient (Wildman–Crippen LogP) is 3.11. The first-order chi connectivity index (χ1) is 11.2. The second kappa shape index (κ2) is 8.44. The van der Waals surface area contributed by atoms with Gasteiger partial charge in [0.25, 0.3) is 0 Å². The summed E-state index contributed by atoms with van der Waals surface area (Å²) in [6.07, 6.45) is -0.580. The molecule has 2 aromatic carbocycles. The Hall–Kier alpha value is -3.00. The Morgan fingerprint density at radius 3 is 2.70 bits per heavy atom. The van der Waals surface area contributed by atoms with Crippen molar-refractivity contribution in [3.63, 3.8) is 0 Å². The van der Waals surface area contributed by atoms with E-state index in [9.17, 15) is 9.18 Å². The van der Waals surface area contributed by atoms with E-state index >= 15 is 0 Å². The zero-order chi connectivity index (χ0) is 16.5. The minimum absolute atomic E-state index is 0.0467. The van der Waals surface area contributed by atoms with Crippen molar-refractivity contribution in [3.05, 3.63) is 65.5 Å². The molecule has 0 radical (unpaired) electrons. The normalized spacial score (nSPS) is 9.48. The number of carbonyl (C=O) groups excluding carboxylic acids is 1. The van der Waals surface area contributed by atoms with Crippen molar-refractivity contribution in [2.75, 3.05) is 13.7 Å². The van der Waals surface area contributed by atoms with Gasteiger partial charge in [0.15, 0.2) is 0 Å². The average Bonchev–Trinajstić information content (AvgIpc) is 2.58. The first-order valence-electron chi connectivity index (χ1n) is 6.96. The molecule has 0 atom stereocenters. The van der Waals surface area contributed by atoms with E-state index in [2.05, 4.69) is 17.2 Å². The van der Waals surface area contributed by atoms with Crippen LogP contribution in [-0.4, -0.2) is 19.7 Å². The van der Waals surface area contributed by atoms with Crippen molar-refractivity contribution in [1.82, 2.24) is 5.32 Å². The summed E-state index contributed by atoms with van der Waals surface area (Å²) in [6, 6.07) is 13.8. The summed E-state index contributed by atoms with van der Waals surface area (Å²) in [4.78, 5) is 11.5. The highest BCUT2D eigenvalue weighted by molar-refractivity contribution is 5.67. The van der Waals surface area contributed by atoms with Gasteiger partial charge in [-0.3, -0.25) is 0 Å². The molecule has 118 valence electrons. The number of ether oxygens (including phenoxy) is 2. The van der Waals surface area contributed by atoms with Crippen molar-refractivity contribution in [2.45, 2.75) is 6.61 Å². The van der Waals surface area contributed by atoms with Crippen molar-refractivity contribution in [2.24, 2.45) is 0 Å². The molecule has 23 heavy (non-hydrogen) atoms. The number of alkyl carbamates (subject to hydrolysis) is 1. The highest BCUT2D eigenvalue weighted by atomic mass is 19.1. The molecule has 0 aromatic heterocycles. The van der Waals surface area contributed by atoms with E-state index in [-0.39, 0.29) is 18.7 Å². The van der Waals surface area contributed by atoms with Gasteiger partial charge in [0.05, 0.1) is 13.7 Å². The molecule has 0 bridgehead atoms. The van der Waals surface area contributed by atoms with Crippen molar-refractivity contribution >= 4 is 6.09 Å². The van der Waals surface area contributed by atoms with Crippen LogP contribution in [0, 0.1) is 17.7 Å². The molecule has 0 spiro atoms. The van der Waals surface area contributed by atoms with Crippen molar-refractivity contribution < 1.29 is 18.7 Å². The number of nitrogens with one attached hydrogen (secondary N) is 1. The van der Waals surface area contributed by atoms with Gasteiger partial charge < -0.3 is 14.8 Å². The minimum Gasteiger partial charge on any atom is -0.495 e. The Labute approximate surface area is 134 Å². The Bertz CT molecular complexity index is 720. The molecule has 5 heteroatoms. The predicted molar refractivity (Wildman–Crippen MR) is 84.5 cm³/mol. The number of halogens is 1. The second-order valence-electron chi connectivity index (χ2n) is 4.53. The Balaban J connectivity index is 1.83. The number of carbonyl (C=O) groups is 1. The van der Waals surface area contributed by atoms with Crippen LogP contribution in [0.25, 0.3) is 0 Å². The molecule has 0 heterocycles. The SMILES string of the molecule is COc1cccc(F)c1C#CCNC(=O)OCc1ccccc1.